The number of amides is 2. The van der Waals surface area contributed by atoms with Crippen LogP contribution in [0.2, 0.25) is 0 Å². The van der Waals surface area contributed by atoms with Crippen molar-refractivity contribution in [1.29, 1.82) is 0 Å². The molecule has 0 aromatic heterocycles. The van der Waals surface area contributed by atoms with E-state index < -0.39 is 24.5 Å². The van der Waals surface area contributed by atoms with E-state index in [1.165, 1.54) is 0 Å². The number of hydrogen-bond donors (Lipinski definition) is 2. The molecule has 170 valence electrons. The molecule has 1 fully saturated rings. The van der Waals surface area contributed by atoms with Gasteiger partial charge in [-0.25, -0.2) is 4.79 Å². The Morgan fingerprint density at radius 1 is 1.00 bits per heavy atom. The lowest BCUT2D eigenvalue weighted by Gasteiger charge is -2.28. The second kappa shape index (κ2) is 11.3. The molecule has 2 amide bonds. The van der Waals surface area contributed by atoms with Crippen LogP contribution in [0.1, 0.15) is 24.2 Å². The minimum absolute atomic E-state index is 0.203. The van der Waals surface area contributed by atoms with E-state index in [4.69, 9.17) is 9.47 Å². The van der Waals surface area contributed by atoms with Gasteiger partial charge in [-0.2, -0.15) is 0 Å². The summed E-state index contributed by atoms with van der Waals surface area (Å²) in [7, 11) is 0. The molecule has 1 atom stereocenters. The molecule has 32 heavy (non-hydrogen) atoms. The van der Waals surface area contributed by atoms with E-state index in [0.29, 0.717) is 24.5 Å². The maximum atomic E-state index is 12.5. The fourth-order valence-electron chi connectivity index (χ4n) is 3.31. The number of carbonyl (C=O) groups is 3. The summed E-state index contributed by atoms with van der Waals surface area (Å²) in [5.74, 6) is -1.67. The van der Waals surface area contributed by atoms with E-state index in [0.717, 1.165) is 18.8 Å². The summed E-state index contributed by atoms with van der Waals surface area (Å²) in [6, 6.07) is 15.2. The van der Waals surface area contributed by atoms with E-state index in [1.807, 2.05) is 24.3 Å². The van der Waals surface area contributed by atoms with Crippen molar-refractivity contribution in [3.05, 3.63) is 60.2 Å². The number of benzene rings is 2. The van der Waals surface area contributed by atoms with Crippen LogP contribution in [0.3, 0.4) is 0 Å². The molecular weight excluding hydrogens is 410 g/mol. The molecule has 0 saturated carbocycles. The molecule has 1 aliphatic heterocycles. The first-order valence-corrected chi connectivity index (χ1v) is 10.7. The molecule has 1 heterocycles. The van der Waals surface area contributed by atoms with Gasteiger partial charge in [-0.3, -0.25) is 9.59 Å². The first-order chi connectivity index (χ1) is 15.4. The van der Waals surface area contributed by atoms with Gasteiger partial charge in [0.1, 0.15) is 6.04 Å². The van der Waals surface area contributed by atoms with Gasteiger partial charge in [0.25, 0.3) is 11.8 Å². The fourth-order valence-corrected chi connectivity index (χ4v) is 3.31. The molecule has 1 aliphatic rings. The summed E-state index contributed by atoms with van der Waals surface area (Å²) in [5.41, 5.74) is 2.12. The van der Waals surface area contributed by atoms with Gasteiger partial charge in [-0.05, 0) is 42.3 Å². The highest BCUT2D eigenvalue weighted by Gasteiger charge is 2.26. The largest absolute Gasteiger partial charge is 0.454 e. The van der Waals surface area contributed by atoms with Crippen molar-refractivity contribution in [3.63, 3.8) is 0 Å². The Morgan fingerprint density at radius 3 is 2.28 bits per heavy atom. The zero-order valence-electron chi connectivity index (χ0n) is 18.4. The minimum atomic E-state index is -0.858. The summed E-state index contributed by atoms with van der Waals surface area (Å²) < 4.78 is 10.5. The summed E-state index contributed by atoms with van der Waals surface area (Å²) in [6.07, 6.45) is 0. The normalized spacial score (nSPS) is 14.5. The van der Waals surface area contributed by atoms with Crippen LogP contribution >= 0.6 is 0 Å². The summed E-state index contributed by atoms with van der Waals surface area (Å²) >= 11 is 0. The maximum Gasteiger partial charge on any atom is 0.329 e. The fraction of sp³-hybridized carbons (Fsp3) is 0.375. The predicted molar refractivity (Wildman–Crippen MR) is 122 cm³/mol. The van der Waals surface area contributed by atoms with E-state index >= 15 is 0 Å². The lowest BCUT2D eigenvalue weighted by atomic mass is 10.0. The molecule has 0 bridgehead atoms. The molecular formula is C24H29N3O5. The molecule has 2 aromatic carbocycles. The number of rotatable bonds is 8. The van der Waals surface area contributed by atoms with Crippen molar-refractivity contribution < 1.29 is 23.9 Å². The molecule has 2 aromatic rings. The standard InChI is InChI=1S/C24H29N3O5/c1-17(2)22(26-23(29)18-6-4-3-5-7-18)24(30)32-16-21(28)25-19-8-10-20(11-9-19)27-12-14-31-15-13-27/h3-11,17,22H,12-16H2,1-2H3,(H,25,28)(H,26,29)/t22-/m0/s1. The minimum Gasteiger partial charge on any atom is -0.454 e. The Labute approximate surface area is 187 Å². The Morgan fingerprint density at radius 2 is 1.66 bits per heavy atom. The maximum absolute atomic E-state index is 12.5. The number of esters is 1. The summed E-state index contributed by atoms with van der Waals surface area (Å²) in [6.45, 7) is 6.23. The van der Waals surface area contributed by atoms with E-state index in [1.54, 1.807) is 44.2 Å². The van der Waals surface area contributed by atoms with Gasteiger partial charge in [-0.1, -0.05) is 32.0 Å². The lowest BCUT2D eigenvalue weighted by Crippen LogP contribution is -2.45. The number of carbonyl (C=O) groups excluding carboxylic acids is 3. The Hall–Kier alpha value is -3.39. The lowest BCUT2D eigenvalue weighted by molar-refractivity contribution is -0.150. The second-order valence-electron chi connectivity index (χ2n) is 7.86. The van der Waals surface area contributed by atoms with E-state index in [2.05, 4.69) is 15.5 Å². The molecule has 0 aliphatic carbocycles. The highest BCUT2D eigenvalue weighted by molar-refractivity contribution is 5.97. The third-order valence-electron chi connectivity index (χ3n) is 5.12. The number of morpholine rings is 1. The highest BCUT2D eigenvalue weighted by Crippen LogP contribution is 2.19. The number of anilines is 2. The van der Waals surface area contributed by atoms with Crippen LogP contribution in [0.25, 0.3) is 0 Å². The van der Waals surface area contributed by atoms with Crippen molar-refractivity contribution in [2.45, 2.75) is 19.9 Å². The third-order valence-corrected chi connectivity index (χ3v) is 5.12. The van der Waals surface area contributed by atoms with Crippen molar-refractivity contribution >= 4 is 29.2 Å². The first kappa shape index (κ1) is 23.3. The van der Waals surface area contributed by atoms with Crippen LogP contribution in [0.15, 0.2) is 54.6 Å². The Bertz CT molecular complexity index is 909. The third kappa shape index (κ3) is 6.55. The topological polar surface area (TPSA) is 97.0 Å². The van der Waals surface area contributed by atoms with Gasteiger partial charge < -0.3 is 25.0 Å². The molecule has 1 saturated heterocycles. The van der Waals surface area contributed by atoms with Crippen molar-refractivity contribution in [1.82, 2.24) is 5.32 Å². The molecule has 3 rings (SSSR count). The molecule has 2 N–H and O–H groups in total. The molecule has 0 radical (unpaired) electrons. The molecule has 0 spiro atoms. The number of hydrogen-bond acceptors (Lipinski definition) is 6. The molecule has 8 nitrogen and oxygen atoms in total. The smallest absolute Gasteiger partial charge is 0.329 e. The van der Waals surface area contributed by atoms with E-state index in [-0.39, 0.29) is 11.8 Å². The zero-order valence-corrected chi connectivity index (χ0v) is 18.4. The zero-order chi connectivity index (χ0) is 22.9. The van der Waals surface area contributed by atoms with Crippen molar-refractivity contribution in [2.24, 2.45) is 5.92 Å². The van der Waals surface area contributed by atoms with Crippen LogP contribution < -0.4 is 15.5 Å². The quantitative estimate of drug-likeness (QED) is 0.614. The number of nitrogens with one attached hydrogen (secondary N) is 2. The van der Waals surface area contributed by atoms with Gasteiger partial charge in [0.05, 0.1) is 13.2 Å². The van der Waals surface area contributed by atoms with Gasteiger partial charge in [0.15, 0.2) is 6.61 Å². The van der Waals surface area contributed by atoms with E-state index in [9.17, 15) is 14.4 Å². The van der Waals surface area contributed by atoms with Gasteiger partial charge in [-0.15, -0.1) is 0 Å². The van der Waals surface area contributed by atoms with Crippen LogP contribution in [-0.4, -0.2) is 56.7 Å². The first-order valence-electron chi connectivity index (χ1n) is 10.7. The Kier molecular flexibility index (Phi) is 8.21. The number of nitrogens with zero attached hydrogens (tertiary/aromatic N) is 1. The van der Waals surface area contributed by atoms with Gasteiger partial charge >= 0.3 is 5.97 Å². The van der Waals surface area contributed by atoms with Crippen LogP contribution in [-0.2, 0) is 19.1 Å². The van der Waals surface area contributed by atoms with Crippen LogP contribution in [0, 0.1) is 5.92 Å². The highest BCUT2D eigenvalue weighted by atomic mass is 16.5. The predicted octanol–water partition coefficient (Wildman–Crippen LogP) is 2.46. The van der Waals surface area contributed by atoms with Gasteiger partial charge in [0.2, 0.25) is 0 Å². The summed E-state index contributed by atoms with van der Waals surface area (Å²) in [5, 5.41) is 5.40. The molecule has 0 unspecified atom stereocenters. The SMILES string of the molecule is CC(C)[C@H](NC(=O)c1ccccc1)C(=O)OCC(=O)Nc1ccc(N2CCOCC2)cc1. The monoisotopic (exact) mass is 439 g/mol. The van der Waals surface area contributed by atoms with Gasteiger partial charge in [0, 0.05) is 30.0 Å². The van der Waals surface area contributed by atoms with Crippen LogP contribution in [0.4, 0.5) is 11.4 Å². The average Bonchev–Trinajstić information content (AvgIpc) is 2.82. The number of ether oxygens (including phenoxy) is 2. The van der Waals surface area contributed by atoms with Crippen molar-refractivity contribution in [3.8, 4) is 0 Å². The second-order valence-corrected chi connectivity index (χ2v) is 7.86. The van der Waals surface area contributed by atoms with Crippen LogP contribution in [0.5, 0.6) is 0 Å². The Balaban J connectivity index is 1.49. The summed E-state index contributed by atoms with van der Waals surface area (Å²) in [4.78, 5) is 39.3. The molecule has 8 heteroatoms. The average molecular weight is 440 g/mol. The van der Waals surface area contributed by atoms with Crippen molar-refractivity contribution in [2.75, 3.05) is 43.1 Å².